The zero-order chi connectivity index (χ0) is 21.7. The lowest BCUT2D eigenvalue weighted by atomic mass is 10.1. The number of halogens is 3. The number of anilines is 1. The Kier molecular flexibility index (Phi) is 4.72. The summed E-state index contributed by atoms with van der Waals surface area (Å²) >= 11 is 12.4. The van der Waals surface area contributed by atoms with E-state index in [4.69, 9.17) is 38.1 Å². The highest BCUT2D eigenvalue weighted by Crippen LogP contribution is 2.41. The normalized spacial score (nSPS) is 12.5. The number of rotatable bonds is 4. The van der Waals surface area contributed by atoms with Gasteiger partial charge in [0.2, 0.25) is 5.75 Å². The molecule has 6 nitrogen and oxygen atoms in total. The van der Waals surface area contributed by atoms with E-state index >= 15 is 0 Å². The van der Waals surface area contributed by atoms with E-state index < -0.39 is 11.9 Å². The van der Waals surface area contributed by atoms with Gasteiger partial charge in [-0.15, -0.1) is 0 Å². The van der Waals surface area contributed by atoms with Crippen LogP contribution in [0.25, 0.3) is 27.7 Å². The van der Waals surface area contributed by atoms with Gasteiger partial charge in [0.15, 0.2) is 11.4 Å². The van der Waals surface area contributed by atoms with Crippen molar-refractivity contribution < 1.29 is 13.5 Å². The van der Waals surface area contributed by atoms with Gasteiger partial charge in [-0.1, -0.05) is 23.2 Å². The first kappa shape index (κ1) is 19.7. The second-order valence-electron chi connectivity index (χ2n) is 6.99. The van der Waals surface area contributed by atoms with Gasteiger partial charge >= 0.3 is 0 Å². The van der Waals surface area contributed by atoms with Crippen LogP contribution < -0.4 is 10.5 Å². The van der Waals surface area contributed by atoms with Crippen molar-refractivity contribution >= 4 is 45.6 Å². The second-order valence-corrected chi connectivity index (χ2v) is 7.77. The molecule has 5 aromatic rings. The molecule has 1 atom stereocenters. The number of nitrogen functional groups attached to an aromatic ring is 1. The number of ether oxygens (including phenoxy) is 1. The molecule has 5 rings (SSSR count). The van der Waals surface area contributed by atoms with Crippen molar-refractivity contribution in [2.45, 2.75) is 13.0 Å². The topological polar surface area (TPSA) is 78.6 Å². The molecule has 0 saturated carbocycles. The predicted octanol–water partition coefficient (Wildman–Crippen LogP) is 6.31. The van der Waals surface area contributed by atoms with Gasteiger partial charge < -0.3 is 19.3 Å². The van der Waals surface area contributed by atoms with Crippen LogP contribution in [0.15, 0.2) is 59.7 Å². The van der Waals surface area contributed by atoms with Crippen molar-refractivity contribution in [2.75, 3.05) is 5.73 Å². The Morgan fingerprint density at radius 2 is 2.03 bits per heavy atom. The van der Waals surface area contributed by atoms with Gasteiger partial charge in [0.05, 0.1) is 16.7 Å². The number of aromatic nitrogens is 3. The first-order valence-electron chi connectivity index (χ1n) is 9.33. The molecular formula is C22H15Cl2FN4O2. The van der Waals surface area contributed by atoms with E-state index in [-0.39, 0.29) is 21.6 Å². The Labute approximate surface area is 186 Å². The van der Waals surface area contributed by atoms with Gasteiger partial charge in [0, 0.05) is 40.9 Å². The minimum absolute atomic E-state index is 0.105. The number of nitrogens with zero attached hydrogens (tertiary/aromatic N) is 3. The Bertz CT molecular complexity index is 1450. The number of hydrogen-bond donors (Lipinski definition) is 1. The Balaban J connectivity index is 1.59. The standard InChI is InChI=1S/C22H15Cl2FN4O2/c1-11(18-15(23)2-3-16(25)19(18)24)31-21-20-13(9-28-22(21)26)14(10-30-20)12-4-6-29-7-5-27-17(29)8-12/h2-11H,1H3,(H2,26,28)/t11-/m1/s1. The minimum Gasteiger partial charge on any atom is -0.478 e. The fourth-order valence-electron chi connectivity index (χ4n) is 3.55. The molecule has 0 amide bonds. The molecule has 0 aliphatic rings. The summed E-state index contributed by atoms with van der Waals surface area (Å²) < 4.78 is 27.7. The molecule has 156 valence electrons. The number of fused-ring (bicyclic) bond motifs is 2. The molecule has 0 aliphatic heterocycles. The van der Waals surface area contributed by atoms with Gasteiger partial charge in [-0.25, -0.2) is 14.4 Å². The van der Waals surface area contributed by atoms with E-state index in [1.54, 1.807) is 25.6 Å². The Morgan fingerprint density at radius 1 is 1.19 bits per heavy atom. The van der Waals surface area contributed by atoms with Crippen molar-refractivity contribution in [2.24, 2.45) is 0 Å². The molecule has 0 fully saturated rings. The van der Waals surface area contributed by atoms with E-state index in [1.165, 1.54) is 12.1 Å². The van der Waals surface area contributed by atoms with E-state index in [0.29, 0.717) is 16.5 Å². The highest BCUT2D eigenvalue weighted by atomic mass is 35.5. The molecule has 0 spiro atoms. The van der Waals surface area contributed by atoms with E-state index in [1.807, 2.05) is 28.9 Å². The maximum atomic E-state index is 14.0. The first-order valence-corrected chi connectivity index (χ1v) is 10.1. The van der Waals surface area contributed by atoms with Gasteiger partial charge in [0.25, 0.3) is 0 Å². The van der Waals surface area contributed by atoms with Crippen LogP contribution in [0.1, 0.15) is 18.6 Å². The highest BCUT2D eigenvalue weighted by Gasteiger charge is 2.23. The molecule has 0 radical (unpaired) electrons. The third-order valence-electron chi connectivity index (χ3n) is 5.09. The molecule has 0 unspecified atom stereocenters. The molecule has 0 saturated heterocycles. The number of pyridine rings is 2. The summed E-state index contributed by atoms with van der Waals surface area (Å²) in [6.07, 6.45) is 8.03. The van der Waals surface area contributed by atoms with Crippen LogP contribution in [0.4, 0.5) is 10.2 Å². The third kappa shape index (κ3) is 3.26. The maximum Gasteiger partial charge on any atom is 0.205 e. The molecule has 1 aromatic carbocycles. The van der Waals surface area contributed by atoms with Gasteiger partial charge in [-0.3, -0.25) is 0 Å². The summed E-state index contributed by atoms with van der Waals surface area (Å²) in [6, 6.07) is 6.52. The maximum absolute atomic E-state index is 14.0. The molecule has 0 bridgehead atoms. The fourth-order valence-corrected chi connectivity index (χ4v) is 4.22. The quantitative estimate of drug-likeness (QED) is 0.320. The van der Waals surface area contributed by atoms with Crippen LogP contribution in [0.5, 0.6) is 5.75 Å². The lowest BCUT2D eigenvalue weighted by molar-refractivity contribution is 0.227. The average molecular weight is 457 g/mol. The van der Waals surface area contributed by atoms with Crippen molar-refractivity contribution in [3.63, 3.8) is 0 Å². The van der Waals surface area contributed by atoms with Crippen molar-refractivity contribution in [1.29, 1.82) is 0 Å². The Hall–Kier alpha value is -3.29. The fraction of sp³-hybridized carbons (Fsp3) is 0.0909. The molecule has 0 aliphatic carbocycles. The predicted molar refractivity (Wildman–Crippen MR) is 118 cm³/mol. The van der Waals surface area contributed by atoms with Gasteiger partial charge in [-0.05, 0) is 36.8 Å². The number of hydrogen-bond acceptors (Lipinski definition) is 5. The number of nitrogens with two attached hydrogens (primary N) is 1. The van der Waals surface area contributed by atoms with E-state index in [0.717, 1.165) is 16.8 Å². The summed E-state index contributed by atoms with van der Waals surface area (Å²) in [5.41, 5.74) is 9.33. The Morgan fingerprint density at radius 3 is 2.87 bits per heavy atom. The second kappa shape index (κ2) is 7.44. The summed E-state index contributed by atoms with van der Waals surface area (Å²) in [4.78, 5) is 8.57. The zero-order valence-corrected chi connectivity index (χ0v) is 17.7. The molecule has 2 N–H and O–H groups in total. The van der Waals surface area contributed by atoms with Crippen LogP contribution in [-0.4, -0.2) is 14.4 Å². The minimum atomic E-state index is -0.708. The SMILES string of the molecule is C[C@@H](Oc1c(N)ncc2c(-c3ccn4ccnc4c3)coc12)c1c(Cl)ccc(F)c1Cl. The van der Waals surface area contributed by atoms with Crippen LogP contribution in [-0.2, 0) is 0 Å². The van der Waals surface area contributed by atoms with E-state index in [9.17, 15) is 4.39 Å². The van der Waals surface area contributed by atoms with Crippen molar-refractivity contribution in [3.8, 4) is 16.9 Å². The van der Waals surface area contributed by atoms with Crippen LogP contribution in [0.2, 0.25) is 10.0 Å². The number of benzene rings is 1. The van der Waals surface area contributed by atoms with E-state index in [2.05, 4.69) is 9.97 Å². The highest BCUT2D eigenvalue weighted by molar-refractivity contribution is 6.36. The molecule has 9 heteroatoms. The summed E-state index contributed by atoms with van der Waals surface area (Å²) in [5.74, 6) is -0.224. The zero-order valence-electron chi connectivity index (χ0n) is 16.1. The molecule has 4 aromatic heterocycles. The third-order valence-corrected chi connectivity index (χ3v) is 5.80. The monoisotopic (exact) mass is 456 g/mol. The molecule has 4 heterocycles. The van der Waals surface area contributed by atoms with Crippen molar-refractivity contribution in [3.05, 3.63) is 76.7 Å². The number of imidazole rings is 1. The van der Waals surface area contributed by atoms with Crippen LogP contribution in [0, 0.1) is 5.82 Å². The summed E-state index contributed by atoms with van der Waals surface area (Å²) in [6.45, 7) is 1.70. The first-order chi connectivity index (χ1) is 14.9. The average Bonchev–Trinajstić information content (AvgIpc) is 3.39. The smallest absolute Gasteiger partial charge is 0.205 e. The largest absolute Gasteiger partial charge is 0.478 e. The summed E-state index contributed by atoms with van der Waals surface area (Å²) in [5, 5.41) is 0.890. The number of furan rings is 1. The van der Waals surface area contributed by atoms with Crippen LogP contribution in [0.3, 0.4) is 0 Å². The molecular weight excluding hydrogens is 442 g/mol. The van der Waals surface area contributed by atoms with Crippen molar-refractivity contribution in [1.82, 2.24) is 14.4 Å². The van der Waals surface area contributed by atoms with Gasteiger partial charge in [0.1, 0.15) is 17.6 Å². The van der Waals surface area contributed by atoms with Gasteiger partial charge in [-0.2, -0.15) is 0 Å². The molecule has 31 heavy (non-hydrogen) atoms. The summed E-state index contributed by atoms with van der Waals surface area (Å²) in [7, 11) is 0. The lowest BCUT2D eigenvalue weighted by Crippen LogP contribution is -2.08. The lowest BCUT2D eigenvalue weighted by Gasteiger charge is -2.18. The van der Waals surface area contributed by atoms with Crippen LogP contribution >= 0.6 is 23.2 Å².